The molecule has 1 nitrogen and oxygen atoms in total. The topological polar surface area (TPSA) is 12.0 Å². The molecule has 0 heterocycles. The van der Waals surface area contributed by atoms with E-state index in [9.17, 15) is 4.39 Å². The second-order valence-electron chi connectivity index (χ2n) is 5.63. The van der Waals surface area contributed by atoms with Gasteiger partial charge < -0.3 is 5.32 Å². The molecule has 0 fully saturated rings. The van der Waals surface area contributed by atoms with Crippen LogP contribution in [-0.4, -0.2) is 13.1 Å². The number of halogens is 3. The third-order valence-corrected chi connectivity index (χ3v) is 4.59. The number of hydrogen-bond donors (Lipinski definition) is 1. The zero-order valence-electron chi connectivity index (χ0n) is 11.8. The van der Waals surface area contributed by atoms with Crippen molar-refractivity contribution in [1.29, 1.82) is 0 Å². The highest BCUT2D eigenvalue weighted by Gasteiger charge is 2.18. The maximum atomic E-state index is 13.8. The van der Waals surface area contributed by atoms with Crippen molar-refractivity contribution in [3.05, 3.63) is 33.0 Å². The highest BCUT2D eigenvalue weighted by molar-refractivity contribution is 9.10. The first-order valence-electron chi connectivity index (χ1n) is 6.70. The molecule has 19 heavy (non-hydrogen) atoms. The molecule has 4 heteroatoms. The monoisotopic (exact) mass is 349 g/mol. The summed E-state index contributed by atoms with van der Waals surface area (Å²) in [5, 5.41) is 3.90. The zero-order valence-corrected chi connectivity index (χ0v) is 14.2. The molecule has 0 radical (unpaired) electrons. The second kappa shape index (κ2) is 7.61. The fourth-order valence-electron chi connectivity index (χ4n) is 1.96. The van der Waals surface area contributed by atoms with Crippen LogP contribution in [0.5, 0.6) is 0 Å². The van der Waals surface area contributed by atoms with Crippen molar-refractivity contribution >= 4 is 27.5 Å². The normalized spacial score (nSPS) is 11.9. The predicted octanol–water partition coefficient (Wildman–Crippen LogP) is 5.20. The summed E-state index contributed by atoms with van der Waals surface area (Å²) in [5.41, 5.74) is 0.901. The van der Waals surface area contributed by atoms with E-state index in [2.05, 4.69) is 42.0 Å². The molecular formula is C15H22BrClFN. The van der Waals surface area contributed by atoms with Crippen LogP contribution in [0.3, 0.4) is 0 Å². The van der Waals surface area contributed by atoms with Crippen molar-refractivity contribution in [3.8, 4) is 0 Å². The Labute approximate surface area is 129 Å². The van der Waals surface area contributed by atoms with E-state index in [1.54, 1.807) is 6.07 Å². The van der Waals surface area contributed by atoms with Crippen LogP contribution in [0, 0.1) is 11.2 Å². The van der Waals surface area contributed by atoms with Crippen LogP contribution < -0.4 is 5.32 Å². The van der Waals surface area contributed by atoms with Gasteiger partial charge in [0, 0.05) is 4.47 Å². The van der Waals surface area contributed by atoms with Gasteiger partial charge in [-0.25, -0.2) is 4.39 Å². The van der Waals surface area contributed by atoms with Crippen molar-refractivity contribution in [2.75, 3.05) is 13.1 Å². The molecule has 0 spiro atoms. The number of nitrogens with one attached hydrogen (secondary N) is 1. The summed E-state index contributed by atoms with van der Waals surface area (Å²) in [6.07, 6.45) is 2.76. The van der Waals surface area contributed by atoms with Crippen LogP contribution in [0.25, 0.3) is 0 Å². The van der Waals surface area contributed by atoms with Gasteiger partial charge in [-0.3, -0.25) is 0 Å². The zero-order chi connectivity index (χ0) is 14.5. The van der Waals surface area contributed by atoms with Crippen LogP contribution in [0.15, 0.2) is 16.6 Å². The van der Waals surface area contributed by atoms with Gasteiger partial charge in [0.25, 0.3) is 0 Å². The first kappa shape index (κ1) is 16.9. The van der Waals surface area contributed by atoms with Gasteiger partial charge in [0.15, 0.2) is 0 Å². The Morgan fingerprint density at radius 2 is 2.00 bits per heavy atom. The Bertz CT molecular complexity index is 421. The van der Waals surface area contributed by atoms with Gasteiger partial charge in [-0.05, 0) is 71.4 Å². The highest BCUT2D eigenvalue weighted by Crippen LogP contribution is 2.30. The van der Waals surface area contributed by atoms with E-state index in [4.69, 9.17) is 11.6 Å². The van der Waals surface area contributed by atoms with E-state index in [-0.39, 0.29) is 11.2 Å². The molecule has 1 rings (SSSR count). The molecule has 108 valence electrons. The van der Waals surface area contributed by atoms with Crippen LogP contribution in [0.2, 0.25) is 5.02 Å². The molecular weight excluding hydrogens is 329 g/mol. The van der Waals surface area contributed by atoms with E-state index >= 15 is 0 Å². The third-order valence-electron chi connectivity index (χ3n) is 3.39. The largest absolute Gasteiger partial charge is 0.317 e. The lowest BCUT2D eigenvalue weighted by atomic mass is 9.83. The van der Waals surface area contributed by atoms with Gasteiger partial charge in [0.1, 0.15) is 5.82 Å². The molecule has 0 unspecified atom stereocenters. The quantitative estimate of drug-likeness (QED) is 0.526. The molecule has 0 saturated carbocycles. The lowest BCUT2D eigenvalue weighted by Gasteiger charge is -2.25. The number of hydrogen-bond acceptors (Lipinski definition) is 1. The lowest BCUT2D eigenvalue weighted by Crippen LogP contribution is -2.22. The molecule has 0 saturated heterocycles. The predicted molar refractivity (Wildman–Crippen MR) is 84.4 cm³/mol. The smallest absolute Gasteiger partial charge is 0.127 e. The van der Waals surface area contributed by atoms with Crippen LogP contribution in [-0.2, 0) is 6.42 Å². The summed E-state index contributed by atoms with van der Waals surface area (Å²) < 4.78 is 14.4. The van der Waals surface area contributed by atoms with Gasteiger partial charge in [-0.2, -0.15) is 0 Å². The maximum Gasteiger partial charge on any atom is 0.127 e. The molecule has 0 aliphatic heterocycles. The third kappa shape index (κ3) is 5.80. The summed E-state index contributed by atoms with van der Waals surface area (Å²) in [7, 11) is 0. The number of benzene rings is 1. The molecule has 1 N–H and O–H groups in total. The average molecular weight is 351 g/mol. The van der Waals surface area contributed by atoms with E-state index in [0.29, 0.717) is 15.1 Å². The van der Waals surface area contributed by atoms with E-state index in [0.717, 1.165) is 32.4 Å². The molecule has 0 aromatic heterocycles. The van der Waals surface area contributed by atoms with E-state index in [1.165, 1.54) is 6.07 Å². The molecule has 0 aliphatic carbocycles. The van der Waals surface area contributed by atoms with Gasteiger partial charge in [-0.1, -0.05) is 32.4 Å². The standard InChI is InChI=1S/C15H22BrClFN/c1-4-19-8-7-15(2,3)6-5-11-9-13(17)12(16)10-14(11)18/h9-10,19H,4-8H2,1-3H3. The van der Waals surface area contributed by atoms with E-state index in [1.807, 2.05) is 0 Å². The van der Waals surface area contributed by atoms with Crippen molar-refractivity contribution in [3.63, 3.8) is 0 Å². The molecule has 0 bridgehead atoms. The van der Waals surface area contributed by atoms with Gasteiger partial charge >= 0.3 is 0 Å². The molecule has 1 aromatic carbocycles. The fourth-order valence-corrected chi connectivity index (χ4v) is 2.46. The Morgan fingerprint density at radius 3 is 2.63 bits per heavy atom. The second-order valence-corrected chi connectivity index (χ2v) is 6.89. The van der Waals surface area contributed by atoms with Crippen molar-refractivity contribution < 1.29 is 4.39 Å². The summed E-state index contributed by atoms with van der Waals surface area (Å²) in [6, 6.07) is 3.17. The van der Waals surface area contributed by atoms with Gasteiger partial charge in [0.2, 0.25) is 0 Å². The fraction of sp³-hybridized carbons (Fsp3) is 0.600. The minimum atomic E-state index is -0.182. The summed E-state index contributed by atoms with van der Waals surface area (Å²) >= 11 is 9.25. The minimum absolute atomic E-state index is 0.182. The molecule has 0 amide bonds. The number of rotatable bonds is 7. The van der Waals surface area contributed by atoms with E-state index < -0.39 is 0 Å². The van der Waals surface area contributed by atoms with Crippen molar-refractivity contribution in [2.24, 2.45) is 5.41 Å². The molecule has 1 aromatic rings. The molecule has 0 aliphatic rings. The first-order chi connectivity index (χ1) is 8.85. The van der Waals surface area contributed by atoms with Crippen LogP contribution in [0.1, 0.15) is 39.2 Å². The summed E-state index contributed by atoms with van der Waals surface area (Å²) in [5.74, 6) is -0.182. The van der Waals surface area contributed by atoms with Crippen LogP contribution >= 0.6 is 27.5 Å². The van der Waals surface area contributed by atoms with Crippen molar-refractivity contribution in [1.82, 2.24) is 5.32 Å². The molecule has 0 atom stereocenters. The van der Waals surface area contributed by atoms with Crippen LogP contribution in [0.4, 0.5) is 4.39 Å². The summed E-state index contributed by atoms with van der Waals surface area (Å²) in [4.78, 5) is 0. The summed E-state index contributed by atoms with van der Waals surface area (Å²) in [6.45, 7) is 8.55. The van der Waals surface area contributed by atoms with Gasteiger partial charge in [0.05, 0.1) is 5.02 Å². The average Bonchev–Trinajstić information content (AvgIpc) is 2.32. The Balaban J connectivity index is 2.58. The Kier molecular flexibility index (Phi) is 6.78. The minimum Gasteiger partial charge on any atom is -0.317 e. The maximum absolute atomic E-state index is 13.8. The Hall–Kier alpha value is -0.120. The SMILES string of the molecule is CCNCCC(C)(C)CCc1cc(Cl)c(Br)cc1F. The first-order valence-corrected chi connectivity index (χ1v) is 7.87. The highest BCUT2D eigenvalue weighted by atomic mass is 79.9. The van der Waals surface area contributed by atoms with Gasteiger partial charge in [-0.15, -0.1) is 0 Å². The Morgan fingerprint density at radius 1 is 1.32 bits per heavy atom. The number of aryl methyl sites for hydroxylation is 1. The van der Waals surface area contributed by atoms with Crippen molar-refractivity contribution in [2.45, 2.75) is 40.0 Å². The lowest BCUT2D eigenvalue weighted by molar-refractivity contribution is 0.302.